The first-order valence-electron chi connectivity index (χ1n) is 7.34. The van der Waals surface area contributed by atoms with Gasteiger partial charge in [0.25, 0.3) is 0 Å². The van der Waals surface area contributed by atoms with Gasteiger partial charge in [0.1, 0.15) is 11.5 Å². The molecule has 1 aromatic heterocycles. The molecule has 0 saturated heterocycles. The van der Waals surface area contributed by atoms with Crippen LogP contribution >= 0.6 is 0 Å². The minimum Gasteiger partial charge on any atom is -0.469 e. The third-order valence-electron chi connectivity index (χ3n) is 3.67. The molecule has 0 radical (unpaired) electrons. The van der Waals surface area contributed by atoms with Crippen LogP contribution in [-0.2, 0) is 9.47 Å². The van der Waals surface area contributed by atoms with Gasteiger partial charge in [0.05, 0.1) is 23.8 Å². The summed E-state index contributed by atoms with van der Waals surface area (Å²) in [6, 6.07) is 15.7. The molecule has 0 N–H and O–H groups in total. The third-order valence-corrected chi connectivity index (χ3v) is 3.67. The molecule has 112 valence electrons. The van der Waals surface area contributed by atoms with Gasteiger partial charge >= 0.3 is 0 Å². The Morgan fingerprint density at radius 1 is 1.23 bits per heavy atom. The Balaban J connectivity index is 2.07. The van der Waals surface area contributed by atoms with E-state index in [2.05, 4.69) is 6.07 Å². The number of benzene rings is 1. The van der Waals surface area contributed by atoms with Gasteiger partial charge in [-0.2, -0.15) is 5.26 Å². The van der Waals surface area contributed by atoms with Crippen molar-refractivity contribution in [3.8, 4) is 6.07 Å². The second kappa shape index (κ2) is 6.50. The number of furan rings is 1. The molecule has 2 atom stereocenters. The highest BCUT2D eigenvalue weighted by atomic mass is 16.7. The van der Waals surface area contributed by atoms with E-state index in [4.69, 9.17) is 13.9 Å². The van der Waals surface area contributed by atoms with Crippen molar-refractivity contribution in [1.29, 1.82) is 5.26 Å². The Hall–Kier alpha value is -2.51. The predicted molar refractivity (Wildman–Crippen MR) is 81.5 cm³/mol. The fourth-order valence-electron chi connectivity index (χ4n) is 2.69. The molecule has 4 heteroatoms. The second-order valence-electron chi connectivity index (χ2n) is 5.03. The van der Waals surface area contributed by atoms with Crippen LogP contribution < -0.4 is 0 Å². The molecule has 0 aliphatic carbocycles. The van der Waals surface area contributed by atoms with Gasteiger partial charge in [0.2, 0.25) is 6.29 Å². The maximum absolute atomic E-state index is 9.64. The molecule has 1 aliphatic rings. The highest BCUT2D eigenvalue weighted by Crippen LogP contribution is 2.40. The highest BCUT2D eigenvalue weighted by Gasteiger charge is 2.34. The van der Waals surface area contributed by atoms with Crippen LogP contribution in [0.1, 0.15) is 30.6 Å². The normalized spacial score (nSPS) is 21.3. The molecule has 0 spiro atoms. The fraction of sp³-hybridized carbons (Fsp3) is 0.278. The van der Waals surface area contributed by atoms with E-state index in [1.54, 1.807) is 6.26 Å². The zero-order valence-electron chi connectivity index (χ0n) is 12.4. The summed E-state index contributed by atoms with van der Waals surface area (Å²) in [4.78, 5) is 0. The number of rotatable bonds is 4. The zero-order chi connectivity index (χ0) is 15.4. The van der Waals surface area contributed by atoms with Gasteiger partial charge in [-0.15, -0.1) is 0 Å². The van der Waals surface area contributed by atoms with Gasteiger partial charge in [-0.05, 0) is 19.1 Å². The molecule has 2 unspecified atom stereocenters. The van der Waals surface area contributed by atoms with Gasteiger partial charge in [-0.1, -0.05) is 30.3 Å². The molecule has 0 amide bonds. The van der Waals surface area contributed by atoms with Gasteiger partial charge in [-0.25, -0.2) is 0 Å². The summed E-state index contributed by atoms with van der Waals surface area (Å²) >= 11 is 0. The van der Waals surface area contributed by atoms with Crippen LogP contribution in [0.25, 0.3) is 5.76 Å². The first-order chi connectivity index (χ1) is 10.8. The lowest BCUT2D eigenvalue weighted by Gasteiger charge is -2.30. The smallest absolute Gasteiger partial charge is 0.200 e. The molecule has 22 heavy (non-hydrogen) atoms. The minimum absolute atomic E-state index is 0.152. The number of nitrogens with zero attached hydrogens (tertiary/aromatic N) is 1. The van der Waals surface area contributed by atoms with Crippen molar-refractivity contribution in [2.24, 2.45) is 0 Å². The van der Waals surface area contributed by atoms with Gasteiger partial charge in [-0.3, -0.25) is 0 Å². The summed E-state index contributed by atoms with van der Waals surface area (Å²) in [5.74, 6) is 1.19. The summed E-state index contributed by atoms with van der Waals surface area (Å²) in [6.45, 7) is 2.48. The van der Waals surface area contributed by atoms with Crippen LogP contribution in [0.3, 0.4) is 0 Å². The van der Waals surface area contributed by atoms with Crippen LogP contribution in [0.2, 0.25) is 0 Å². The summed E-state index contributed by atoms with van der Waals surface area (Å²) in [7, 11) is 0. The Kier molecular flexibility index (Phi) is 4.27. The molecule has 1 aromatic carbocycles. The summed E-state index contributed by atoms with van der Waals surface area (Å²) < 4.78 is 17.1. The average Bonchev–Trinajstić information content (AvgIpc) is 3.09. The van der Waals surface area contributed by atoms with Crippen LogP contribution in [0, 0.1) is 11.3 Å². The molecule has 0 saturated carbocycles. The van der Waals surface area contributed by atoms with Crippen LogP contribution in [0.5, 0.6) is 0 Å². The number of hydrogen-bond donors (Lipinski definition) is 0. The van der Waals surface area contributed by atoms with Crippen molar-refractivity contribution in [1.82, 2.24) is 0 Å². The lowest BCUT2D eigenvalue weighted by Crippen LogP contribution is -2.26. The number of nitriles is 1. The van der Waals surface area contributed by atoms with Crippen LogP contribution in [0.15, 0.2) is 58.7 Å². The first kappa shape index (κ1) is 14.4. The Morgan fingerprint density at radius 2 is 2.05 bits per heavy atom. The van der Waals surface area contributed by atoms with Crippen molar-refractivity contribution in [3.05, 3.63) is 65.6 Å². The lowest BCUT2D eigenvalue weighted by molar-refractivity contribution is -0.105. The topological polar surface area (TPSA) is 55.4 Å². The molecule has 0 bridgehead atoms. The average molecular weight is 295 g/mol. The van der Waals surface area contributed by atoms with E-state index in [9.17, 15) is 5.26 Å². The molecule has 0 fully saturated rings. The van der Waals surface area contributed by atoms with E-state index >= 15 is 0 Å². The highest BCUT2D eigenvalue weighted by molar-refractivity contribution is 5.69. The van der Waals surface area contributed by atoms with Gasteiger partial charge in [0, 0.05) is 18.6 Å². The van der Waals surface area contributed by atoms with Crippen molar-refractivity contribution in [2.75, 3.05) is 6.61 Å². The Labute approximate surface area is 129 Å². The molecule has 4 nitrogen and oxygen atoms in total. The molecule has 2 aromatic rings. The molecule has 3 rings (SSSR count). The maximum Gasteiger partial charge on any atom is 0.200 e. The van der Waals surface area contributed by atoms with Crippen molar-refractivity contribution < 1.29 is 13.9 Å². The van der Waals surface area contributed by atoms with E-state index in [1.807, 2.05) is 49.4 Å². The Bertz CT molecular complexity index is 683. The monoisotopic (exact) mass is 295 g/mol. The minimum atomic E-state index is -0.382. The van der Waals surface area contributed by atoms with E-state index in [0.717, 1.165) is 11.3 Å². The SMILES string of the molecule is CCOC1CC(c2ccco2)C(C#N)=C(c2ccccc2)O1. The molecule has 2 heterocycles. The van der Waals surface area contributed by atoms with Crippen LogP contribution in [0.4, 0.5) is 0 Å². The van der Waals surface area contributed by atoms with Gasteiger partial charge < -0.3 is 13.9 Å². The fourth-order valence-corrected chi connectivity index (χ4v) is 2.69. The quantitative estimate of drug-likeness (QED) is 0.852. The molecular weight excluding hydrogens is 278 g/mol. The van der Waals surface area contributed by atoms with Crippen LogP contribution in [-0.4, -0.2) is 12.9 Å². The number of ether oxygens (including phenoxy) is 2. The summed E-state index contributed by atoms with van der Waals surface area (Å²) in [6.07, 6.45) is 1.81. The number of allylic oxidation sites excluding steroid dienone is 1. The van der Waals surface area contributed by atoms with Crippen molar-refractivity contribution in [3.63, 3.8) is 0 Å². The maximum atomic E-state index is 9.64. The van der Waals surface area contributed by atoms with E-state index < -0.39 is 0 Å². The van der Waals surface area contributed by atoms with E-state index in [-0.39, 0.29) is 12.2 Å². The van der Waals surface area contributed by atoms with Crippen molar-refractivity contribution in [2.45, 2.75) is 25.6 Å². The summed E-state index contributed by atoms with van der Waals surface area (Å²) in [5, 5.41) is 9.64. The second-order valence-corrected chi connectivity index (χ2v) is 5.03. The van der Waals surface area contributed by atoms with E-state index in [0.29, 0.717) is 24.4 Å². The largest absolute Gasteiger partial charge is 0.469 e. The number of hydrogen-bond acceptors (Lipinski definition) is 4. The zero-order valence-corrected chi connectivity index (χ0v) is 12.4. The third kappa shape index (κ3) is 2.76. The summed E-state index contributed by atoms with van der Waals surface area (Å²) in [5.41, 5.74) is 1.46. The predicted octanol–water partition coefficient (Wildman–Crippen LogP) is 4.08. The molecular formula is C18H17NO3. The van der Waals surface area contributed by atoms with E-state index in [1.165, 1.54) is 0 Å². The lowest BCUT2D eigenvalue weighted by atomic mass is 9.89. The van der Waals surface area contributed by atoms with Crippen molar-refractivity contribution >= 4 is 5.76 Å². The van der Waals surface area contributed by atoms with Gasteiger partial charge in [0.15, 0.2) is 0 Å². The standard InChI is InChI=1S/C18H17NO3/c1-2-20-17-11-14(16-9-6-10-21-16)15(12-19)18(22-17)13-7-4-3-5-8-13/h3-10,14,17H,2,11H2,1H3. The first-order valence-corrected chi connectivity index (χ1v) is 7.34. The molecule has 1 aliphatic heterocycles. The Morgan fingerprint density at radius 3 is 2.68 bits per heavy atom.